The molecule has 3 aromatic rings. The maximum Gasteiger partial charge on any atom is 0.259 e. The van der Waals surface area contributed by atoms with E-state index in [1.165, 1.54) is 0 Å². The molecule has 29 heavy (non-hydrogen) atoms. The van der Waals surface area contributed by atoms with E-state index in [2.05, 4.69) is 17.0 Å². The summed E-state index contributed by atoms with van der Waals surface area (Å²) in [5.41, 5.74) is 4.94. The number of carbonyl (C=O) groups excluding carboxylic acids is 1. The van der Waals surface area contributed by atoms with Crippen molar-refractivity contribution in [2.75, 3.05) is 11.4 Å². The molecule has 0 saturated heterocycles. The molecule has 0 bridgehead atoms. The van der Waals surface area contributed by atoms with Gasteiger partial charge >= 0.3 is 0 Å². The topological polar surface area (TPSA) is 41.9 Å². The average molecular weight is 378 g/mol. The first-order chi connectivity index (χ1) is 14.3. The fourth-order valence-electron chi connectivity index (χ4n) is 3.70. The summed E-state index contributed by atoms with van der Waals surface area (Å²) in [4.78, 5) is 20.9. The third-order valence-electron chi connectivity index (χ3n) is 5.16. The smallest absolute Gasteiger partial charge is 0.259 e. The number of anilines is 1. The highest BCUT2D eigenvalue weighted by Gasteiger charge is 2.30. The Morgan fingerprint density at radius 1 is 0.897 bits per heavy atom. The summed E-state index contributed by atoms with van der Waals surface area (Å²) in [6.07, 6.45) is 0.449. The second-order valence-electron chi connectivity index (χ2n) is 7.06. The molecule has 2 aliphatic rings. The zero-order valence-corrected chi connectivity index (χ0v) is 15.7. The Hall–Kier alpha value is -3.84. The van der Waals surface area contributed by atoms with Gasteiger partial charge in [-0.15, -0.1) is 0 Å². The van der Waals surface area contributed by atoms with Gasteiger partial charge in [-0.1, -0.05) is 71.6 Å². The first-order valence-electron chi connectivity index (χ1n) is 9.59. The number of para-hydroxylation sites is 1. The minimum atomic E-state index is -0.207. The summed E-state index contributed by atoms with van der Waals surface area (Å²) in [5, 5.41) is 4.27. The number of hydrogen-bond acceptors (Lipinski definition) is 3. The van der Waals surface area contributed by atoms with Gasteiger partial charge in [-0.05, 0) is 29.8 Å². The van der Waals surface area contributed by atoms with Crippen molar-refractivity contribution < 1.29 is 9.63 Å². The van der Waals surface area contributed by atoms with E-state index >= 15 is 0 Å². The lowest BCUT2D eigenvalue weighted by molar-refractivity contribution is 0.0817. The molecule has 1 atom stereocenters. The van der Waals surface area contributed by atoms with Gasteiger partial charge in [0.25, 0.3) is 5.91 Å². The third-order valence-corrected chi connectivity index (χ3v) is 5.16. The van der Waals surface area contributed by atoms with Crippen LogP contribution in [0.1, 0.15) is 33.5 Å². The van der Waals surface area contributed by atoms with Gasteiger partial charge in [-0.25, -0.2) is 0 Å². The molecular weight excluding hydrogens is 360 g/mol. The molecule has 1 unspecified atom stereocenters. The van der Waals surface area contributed by atoms with Crippen LogP contribution in [0, 0.1) is 11.8 Å². The maximum atomic E-state index is 13.5. The van der Waals surface area contributed by atoms with Gasteiger partial charge in [0.15, 0.2) is 6.10 Å². The summed E-state index contributed by atoms with van der Waals surface area (Å²) < 4.78 is 0. The van der Waals surface area contributed by atoms with Crippen LogP contribution in [0.3, 0.4) is 0 Å². The summed E-state index contributed by atoms with van der Waals surface area (Å²) in [5.74, 6) is 6.29. The molecule has 1 amide bonds. The van der Waals surface area contributed by atoms with Crippen molar-refractivity contribution in [3.8, 4) is 11.8 Å². The van der Waals surface area contributed by atoms with E-state index in [1.807, 2.05) is 78.9 Å². The van der Waals surface area contributed by atoms with E-state index in [-0.39, 0.29) is 12.0 Å². The monoisotopic (exact) mass is 378 g/mol. The molecule has 2 aliphatic heterocycles. The molecule has 0 fully saturated rings. The number of fused-ring (bicyclic) bond motifs is 2. The number of rotatable bonds is 3. The lowest BCUT2D eigenvalue weighted by Gasteiger charge is -2.27. The van der Waals surface area contributed by atoms with Crippen LogP contribution in [0.5, 0.6) is 0 Å². The van der Waals surface area contributed by atoms with Crippen LogP contribution in [0.15, 0.2) is 84.0 Å². The first-order valence-corrected chi connectivity index (χ1v) is 9.59. The molecule has 0 N–H and O–H groups in total. The largest absolute Gasteiger partial charge is 0.390 e. The molecule has 3 aromatic carbocycles. The Balaban J connectivity index is 1.47. The Labute approximate surface area is 169 Å². The van der Waals surface area contributed by atoms with E-state index in [0.29, 0.717) is 18.5 Å². The predicted octanol–water partition coefficient (Wildman–Crippen LogP) is 4.24. The van der Waals surface area contributed by atoms with Crippen LogP contribution < -0.4 is 4.90 Å². The quantitative estimate of drug-likeness (QED) is 0.640. The third kappa shape index (κ3) is 3.28. The van der Waals surface area contributed by atoms with Crippen molar-refractivity contribution in [1.82, 2.24) is 0 Å². The van der Waals surface area contributed by atoms with Gasteiger partial charge in [0.1, 0.15) is 0 Å². The van der Waals surface area contributed by atoms with Gasteiger partial charge in [-0.3, -0.25) is 4.79 Å². The standard InChI is InChI=1S/C25H18N2O2/c28-25-22-12-6-4-8-18(22)14-15-20-11-5-7-13-24(20)27(25)17-21-16-23(26-29-21)19-9-2-1-3-10-19/h1-13,21H,16-17H2. The van der Waals surface area contributed by atoms with Crippen LogP contribution in [-0.4, -0.2) is 24.3 Å². The van der Waals surface area contributed by atoms with Crippen molar-refractivity contribution in [1.29, 1.82) is 0 Å². The maximum absolute atomic E-state index is 13.5. The minimum Gasteiger partial charge on any atom is -0.390 e. The molecule has 0 aliphatic carbocycles. The van der Waals surface area contributed by atoms with Gasteiger partial charge in [0, 0.05) is 17.5 Å². The van der Waals surface area contributed by atoms with E-state index in [9.17, 15) is 4.79 Å². The SMILES string of the molecule is O=C1c2ccccc2C#Cc2ccccc2N1CC1CC(c2ccccc2)=NO1. The number of nitrogens with zero attached hydrogens (tertiary/aromatic N) is 2. The summed E-state index contributed by atoms with van der Waals surface area (Å²) in [6, 6.07) is 25.2. The number of oxime groups is 1. The second kappa shape index (κ2) is 7.29. The molecule has 5 rings (SSSR count). The number of amides is 1. The summed E-state index contributed by atoms with van der Waals surface area (Å²) >= 11 is 0. The minimum absolute atomic E-state index is 0.0705. The van der Waals surface area contributed by atoms with E-state index in [4.69, 9.17) is 4.84 Å². The normalized spacial score (nSPS) is 17.1. The van der Waals surface area contributed by atoms with Gasteiger partial charge in [0.2, 0.25) is 0 Å². The zero-order valence-electron chi connectivity index (χ0n) is 15.7. The van der Waals surface area contributed by atoms with Crippen LogP contribution >= 0.6 is 0 Å². The van der Waals surface area contributed by atoms with Crippen LogP contribution in [0.4, 0.5) is 5.69 Å². The van der Waals surface area contributed by atoms with Crippen molar-refractivity contribution in [3.05, 3.63) is 101 Å². The first kappa shape index (κ1) is 17.3. The fraction of sp³-hybridized carbons (Fsp3) is 0.120. The van der Waals surface area contributed by atoms with E-state index < -0.39 is 0 Å². The molecule has 0 saturated carbocycles. The van der Waals surface area contributed by atoms with E-state index in [1.54, 1.807) is 4.90 Å². The molecule has 4 nitrogen and oxygen atoms in total. The van der Waals surface area contributed by atoms with Crippen molar-refractivity contribution >= 4 is 17.3 Å². The Morgan fingerprint density at radius 3 is 2.45 bits per heavy atom. The highest BCUT2D eigenvalue weighted by atomic mass is 16.6. The average Bonchev–Trinajstić information content (AvgIpc) is 3.25. The van der Waals surface area contributed by atoms with E-state index in [0.717, 1.165) is 28.1 Å². The Bertz CT molecular complexity index is 1170. The van der Waals surface area contributed by atoms with Crippen LogP contribution in [0.2, 0.25) is 0 Å². The number of hydrogen-bond donors (Lipinski definition) is 0. The fourth-order valence-corrected chi connectivity index (χ4v) is 3.70. The van der Waals surface area contributed by atoms with Gasteiger partial charge < -0.3 is 9.74 Å². The van der Waals surface area contributed by atoms with Crippen molar-refractivity contribution in [3.63, 3.8) is 0 Å². The van der Waals surface area contributed by atoms with Crippen LogP contribution in [-0.2, 0) is 4.84 Å². The van der Waals surface area contributed by atoms with Gasteiger partial charge in [-0.2, -0.15) is 0 Å². The molecular formula is C25H18N2O2. The molecule has 0 spiro atoms. The summed E-state index contributed by atoms with van der Waals surface area (Å²) in [6.45, 7) is 0.408. The molecule has 0 radical (unpaired) electrons. The highest BCUT2D eigenvalue weighted by molar-refractivity contribution is 6.09. The lowest BCUT2D eigenvalue weighted by atomic mass is 10.0. The second-order valence-corrected chi connectivity index (χ2v) is 7.06. The number of benzene rings is 3. The van der Waals surface area contributed by atoms with Crippen molar-refractivity contribution in [2.24, 2.45) is 5.16 Å². The number of carbonyl (C=O) groups is 1. The molecule has 0 aromatic heterocycles. The molecule has 4 heteroatoms. The van der Waals surface area contributed by atoms with Crippen LogP contribution in [0.25, 0.3) is 0 Å². The Kier molecular flexibility index (Phi) is 4.34. The summed E-state index contributed by atoms with van der Waals surface area (Å²) in [7, 11) is 0. The predicted molar refractivity (Wildman–Crippen MR) is 113 cm³/mol. The van der Waals surface area contributed by atoms with Gasteiger partial charge in [0.05, 0.1) is 23.5 Å². The highest BCUT2D eigenvalue weighted by Crippen LogP contribution is 2.27. The molecule has 2 heterocycles. The lowest BCUT2D eigenvalue weighted by Crippen LogP contribution is -2.39. The zero-order chi connectivity index (χ0) is 19.6. The van der Waals surface area contributed by atoms with Crippen molar-refractivity contribution in [2.45, 2.75) is 12.5 Å². The Morgan fingerprint density at radius 2 is 1.59 bits per heavy atom. The molecule has 140 valence electrons.